The van der Waals surface area contributed by atoms with E-state index in [9.17, 15) is 8.42 Å². The maximum Gasteiger partial charge on any atom is 0.244 e. The van der Waals surface area contributed by atoms with Crippen LogP contribution in [0.4, 0.5) is 0 Å². The summed E-state index contributed by atoms with van der Waals surface area (Å²) in [6.07, 6.45) is 3.90. The van der Waals surface area contributed by atoms with Crippen LogP contribution in [0.25, 0.3) is 0 Å². The highest BCUT2D eigenvalue weighted by Gasteiger charge is 2.29. The summed E-state index contributed by atoms with van der Waals surface area (Å²) in [5.74, 6) is 0.865. The Labute approximate surface area is 107 Å². The molecular weight excluding hydrogens is 260 g/mol. The van der Waals surface area contributed by atoms with Gasteiger partial charge in [-0.15, -0.1) is 11.6 Å². The molecule has 1 fully saturated rings. The van der Waals surface area contributed by atoms with Crippen LogP contribution in [0, 0.1) is 5.92 Å². The van der Waals surface area contributed by atoms with E-state index in [1.165, 1.54) is 4.31 Å². The van der Waals surface area contributed by atoms with E-state index in [0.29, 0.717) is 23.2 Å². The van der Waals surface area contributed by atoms with Crippen LogP contribution in [0.1, 0.15) is 18.5 Å². The zero-order valence-corrected chi connectivity index (χ0v) is 11.6. The van der Waals surface area contributed by atoms with Gasteiger partial charge in [0.25, 0.3) is 0 Å². The topological polar surface area (TPSA) is 42.3 Å². The number of alkyl halides is 1. The summed E-state index contributed by atoms with van der Waals surface area (Å²) in [6, 6.07) is 1.64. The molecule has 0 spiro atoms. The van der Waals surface area contributed by atoms with Crippen molar-refractivity contribution in [2.24, 2.45) is 13.0 Å². The number of hydrogen-bond donors (Lipinski definition) is 0. The number of rotatable bonds is 5. The predicted molar refractivity (Wildman–Crippen MR) is 67.5 cm³/mol. The van der Waals surface area contributed by atoms with Crippen molar-refractivity contribution in [3.8, 4) is 0 Å². The van der Waals surface area contributed by atoms with Crippen molar-refractivity contribution in [3.05, 3.63) is 18.0 Å². The Morgan fingerprint density at radius 1 is 1.53 bits per heavy atom. The number of halogens is 1. The second kappa shape index (κ2) is 4.63. The first-order valence-corrected chi connectivity index (χ1v) is 7.60. The molecule has 0 N–H and O–H groups in total. The van der Waals surface area contributed by atoms with Crippen molar-refractivity contribution in [1.82, 2.24) is 8.87 Å². The highest BCUT2D eigenvalue weighted by atomic mass is 35.5. The summed E-state index contributed by atoms with van der Waals surface area (Å²) in [6.45, 7) is 0.618. The van der Waals surface area contributed by atoms with E-state index in [4.69, 9.17) is 11.6 Å². The summed E-state index contributed by atoms with van der Waals surface area (Å²) in [7, 11) is 0.0911. The Hall–Kier alpha value is -0.520. The Morgan fingerprint density at radius 3 is 2.65 bits per heavy atom. The maximum atomic E-state index is 12.2. The first-order valence-electron chi connectivity index (χ1n) is 5.62. The molecule has 1 saturated carbocycles. The van der Waals surface area contributed by atoms with Crippen molar-refractivity contribution in [1.29, 1.82) is 0 Å². The molecule has 0 radical (unpaired) electrons. The number of aromatic nitrogens is 1. The standard InChI is InChI=1S/C11H17ClN2O2S/c1-13-8-11(5-10(13)6-12)17(15,16)14(2)7-9-3-4-9/h5,8-9H,3-4,6-7H2,1-2H3. The lowest BCUT2D eigenvalue weighted by molar-refractivity contribution is 0.453. The molecule has 0 amide bonds. The molecule has 1 aliphatic rings. The van der Waals surface area contributed by atoms with E-state index >= 15 is 0 Å². The van der Waals surface area contributed by atoms with Crippen LogP contribution >= 0.6 is 11.6 Å². The third kappa shape index (κ3) is 2.67. The summed E-state index contributed by atoms with van der Waals surface area (Å²) in [4.78, 5) is 0.332. The first-order chi connectivity index (χ1) is 7.95. The van der Waals surface area contributed by atoms with E-state index in [1.807, 2.05) is 0 Å². The smallest absolute Gasteiger partial charge is 0.244 e. The van der Waals surface area contributed by atoms with Crippen LogP contribution in [0.2, 0.25) is 0 Å². The van der Waals surface area contributed by atoms with E-state index in [0.717, 1.165) is 18.5 Å². The van der Waals surface area contributed by atoms with Gasteiger partial charge < -0.3 is 4.57 Å². The molecule has 1 heterocycles. The molecule has 96 valence electrons. The number of sulfonamides is 1. The second-order valence-corrected chi connectivity index (χ2v) is 6.95. The molecule has 0 atom stereocenters. The van der Waals surface area contributed by atoms with Gasteiger partial charge in [0.05, 0.1) is 5.88 Å². The van der Waals surface area contributed by atoms with Gasteiger partial charge in [-0.05, 0) is 24.8 Å². The average molecular weight is 277 g/mol. The fourth-order valence-electron chi connectivity index (χ4n) is 1.79. The molecule has 1 aromatic heterocycles. The normalized spacial score (nSPS) is 16.7. The Balaban J connectivity index is 2.23. The highest BCUT2D eigenvalue weighted by Crippen LogP contribution is 2.31. The predicted octanol–water partition coefficient (Wildman–Crippen LogP) is 1.79. The summed E-state index contributed by atoms with van der Waals surface area (Å²) in [5, 5.41) is 0. The van der Waals surface area contributed by atoms with Crippen LogP contribution in [-0.4, -0.2) is 30.9 Å². The largest absolute Gasteiger partial charge is 0.352 e. The Morgan fingerprint density at radius 2 is 2.18 bits per heavy atom. The fourth-order valence-corrected chi connectivity index (χ4v) is 3.40. The molecular formula is C11H17ClN2O2S. The van der Waals surface area contributed by atoms with Gasteiger partial charge in [-0.2, -0.15) is 0 Å². The quantitative estimate of drug-likeness (QED) is 0.770. The fraction of sp³-hybridized carbons (Fsp3) is 0.636. The van der Waals surface area contributed by atoms with Crippen molar-refractivity contribution < 1.29 is 8.42 Å². The number of aryl methyl sites for hydroxylation is 1. The van der Waals surface area contributed by atoms with E-state index in [-0.39, 0.29) is 0 Å². The highest BCUT2D eigenvalue weighted by molar-refractivity contribution is 7.89. The number of nitrogens with zero attached hydrogens (tertiary/aromatic N) is 2. The zero-order chi connectivity index (χ0) is 12.6. The summed E-state index contributed by atoms with van der Waals surface area (Å²) >= 11 is 5.74. The van der Waals surface area contributed by atoms with Crippen LogP contribution in [0.3, 0.4) is 0 Å². The third-order valence-corrected chi connectivity index (χ3v) is 5.20. The lowest BCUT2D eigenvalue weighted by Crippen LogP contribution is -2.28. The van der Waals surface area contributed by atoms with Crippen LogP contribution in [0.5, 0.6) is 0 Å². The van der Waals surface area contributed by atoms with Gasteiger partial charge in [0.15, 0.2) is 0 Å². The van der Waals surface area contributed by atoms with Gasteiger partial charge in [-0.3, -0.25) is 0 Å². The lowest BCUT2D eigenvalue weighted by Gasteiger charge is -2.15. The van der Waals surface area contributed by atoms with E-state index < -0.39 is 10.0 Å². The zero-order valence-electron chi connectivity index (χ0n) is 10.1. The SMILES string of the molecule is CN(CC1CC1)S(=O)(=O)c1cc(CCl)n(C)c1. The molecule has 1 aliphatic carbocycles. The second-order valence-electron chi connectivity index (χ2n) is 4.64. The molecule has 1 aromatic rings. The Bertz CT molecular complexity index is 506. The summed E-state index contributed by atoms with van der Waals surface area (Å²) in [5.41, 5.74) is 0.810. The first kappa shape index (κ1) is 12.9. The minimum atomic E-state index is -3.35. The minimum Gasteiger partial charge on any atom is -0.352 e. The van der Waals surface area contributed by atoms with E-state index in [1.54, 1.807) is 30.9 Å². The molecule has 0 saturated heterocycles. The number of hydrogen-bond acceptors (Lipinski definition) is 2. The van der Waals surface area contributed by atoms with Crippen molar-refractivity contribution in [3.63, 3.8) is 0 Å². The van der Waals surface area contributed by atoms with Crippen molar-refractivity contribution in [2.75, 3.05) is 13.6 Å². The molecule has 0 aliphatic heterocycles. The molecule has 2 rings (SSSR count). The van der Waals surface area contributed by atoms with Crippen LogP contribution in [0.15, 0.2) is 17.2 Å². The lowest BCUT2D eigenvalue weighted by atomic mass is 10.4. The minimum absolute atomic E-state index is 0.318. The average Bonchev–Trinajstić information content (AvgIpc) is 2.99. The maximum absolute atomic E-state index is 12.2. The molecule has 4 nitrogen and oxygen atoms in total. The van der Waals surface area contributed by atoms with Gasteiger partial charge in [-0.25, -0.2) is 12.7 Å². The van der Waals surface area contributed by atoms with Crippen LogP contribution < -0.4 is 0 Å². The Kier molecular flexibility index (Phi) is 3.52. The molecule has 0 aromatic carbocycles. The van der Waals surface area contributed by atoms with Crippen molar-refractivity contribution in [2.45, 2.75) is 23.6 Å². The monoisotopic (exact) mass is 276 g/mol. The summed E-state index contributed by atoms with van der Waals surface area (Å²) < 4.78 is 27.7. The molecule has 17 heavy (non-hydrogen) atoms. The van der Waals surface area contributed by atoms with Crippen LogP contribution in [-0.2, 0) is 23.0 Å². The third-order valence-electron chi connectivity index (χ3n) is 3.14. The van der Waals surface area contributed by atoms with Gasteiger partial charge in [0.1, 0.15) is 4.90 Å². The van der Waals surface area contributed by atoms with Gasteiger partial charge in [0, 0.05) is 32.5 Å². The molecule has 0 bridgehead atoms. The molecule has 6 heteroatoms. The van der Waals surface area contributed by atoms with Gasteiger partial charge in [-0.1, -0.05) is 0 Å². The molecule has 0 unspecified atom stereocenters. The van der Waals surface area contributed by atoms with Gasteiger partial charge in [0.2, 0.25) is 10.0 Å². The van der Waals surface area contributed by atoms with Crippen molar-refractivity contribution >= 4 is 21.6 Å². The van der Waals surface area contributed by atoms with Gasteiger partial charge >= 0.3 is 0 Å². The van der Waals surface area contributed by atoms with E-state index in [2.05, 4.69) is 0 Å².